The zero-order valence-corrected chi connectivity index (χ0v) is 12.8. The fourth-order valence-corrected chi connectivity index (χ4v) is 2.37. The zero-order valence-electron chi connectivity index (χ0n) is 12.8. The van der Waals surface area contributed by atoms with Gasteiger partial charge in [0.05, 0.1) is 18.4 Å². The zero-order chi connectivity index (χ0) is 14.2. The number of benzene rings is 1. The molecule has 0 aliphatic carbocycles. The number of nitrogens with zero attached hydrogens (tertiary/aromatic N) is 2. The molecule has 0 saturated carbocycles. The molecule has 0 unspecified atom stereocenters. The van der Waals surface area contributed by atoms with Gasteiger partial charge in [-0.15, -0.1) is 0 Å². The summed E-state index contributed by atoms with van der Waals surface area (Å²) < 4.78 is 0. The number of hydrogen-bond acceptors (Lipinski definition) is 2. The van der Waals surface area contributed by atoms with E-state index in [1.807, 2.05) is 20.3 Å². The molecule has 3 heteroatoms. The number of hydrogen-bond donors (Lipinski definition) is 1. The van der Waals surface area contributed by atoms with E-state index in [1.54, 1.807) is 0 Å². The van der Waals surface area contributed by atoms with E-state index in [0.29, 0.717) is 0 Å². The van der Waals surface area contributed by atoms with Gasteiger partial charge >= 0.3 is 0 Å². The van der Waals surface area contributed by atoms with Crippen molar-refractivity contribution in [3.63, 3.8) is 0 Å². The summed E-state index contributed by atoms with van der Waals surface area (Å²) in [5.41, 5.74) is 7.80. The summed E-state index contributed by atoms with van der Waals surface area (Å²) in [6, 6.07) is 2.25. The van der Waals surface area contributed by atoms with Gasteiger partial charge in [-0.1, -0.05) is 0 Å². The summed E-state index contributed by atoms with van der Waals surface area (Å²) in [5, 5.41) is 0. The van der Waals surface area contributed by atoms with Gasteiger partial charge in [-0.05, 0) is 70.1 Å². The van der Waals surface area contributed by atoms with Crippen molar-refractivity contribution in [2.24, 2.45) is 0 Å². The van der Waals surface area contributed by atoms with Crippen LogP contribution in [0.5, 0.6) is 0 Å². The molecule has 0 aliphatic heterocycles. The normalized spacial score (nSPS) is 11.3. The molecule has 1 N–H and O–H groups in total. The highest BCUT2D eigenvalue weighted by Gasteiger charge is 2.11. The number of aromatic amines is 1. The molecule has 1 aromatic heterocycles. The lowest BCUT2D eigenvalue weighted by Gasteiger charge is -2.13. The lowest BCUT2D eigenvalue weighted by Crippen LogP contribution is -2.11. The van der Waals surface area contributed by atoms with Gasteiger partial charge in [0, 0.05) is 5.56 Å². The van der Waals surface area contributed by atoms with Gasteiger partial charge in [0.15, 0.2) is 0 Å². The SMILES string of the molecule is Cc1cc(-c2cnc(CN(C)C)[nH]2)c(C)c(C)c1C. The number of H-pyrrole nitrogens is 1. The highest BCUT2D eigenvalue weighted by atomic mass is 15.1. The lowest BCUT2D eigenvalue weighted by molar-refractivity contribution is 0.392. The number of aromatic nitrogens is 2. The standard InChI is InChI=1S/C16H23N3/c1-10-7-14(13(4)12(3)11(10)2)15-8-17-16(18-15)9-19(5)6/h7-8H,9H2,1-6H3,(H,17,18). The van der Waals surface area contributed by atoms with Gasteiger partial charge in [-0.2, -0.15) is 0 Å². The Bertz CT molecular complexity index is 594. The van der Waals surface area contributed by atoms with Crippen LogP contribution in [0.4, 0.5) is 0 Å². The molecule has 0 radical (unpaired) electrons. The Balaban J connectivity index is 2.45. The minimum atomic E-state index is 0.836. The molecule has 102 valence electrons. The van der Waals surface area contributed by atoms with Gasteiger partial charge in [0.1, 0.15) is 5.82 Å². The number of nitrogens with one attached hydrogen (secondary N) is 1. The third-order valence-electron chi connectivity index (χ3n) is 3.87. The first-order valence-corrected chi connectivity index (χ1v) is 6.66. The summed E-state index contributed by atoms with van der Waals surface area (Å²) in [6.07, 6.45) is 1.94. The highest BCUT2D eigenvalue weighted by Crippen LogP contribution is 2.28. The van der Waals surface area contributed by atoms with Crippen molar-refractivity contribution >= 4 is 0 Å². The first-order valence-electron chi connectivity index (χ1n) is 6.66. The van der Waals surface area contributed by atoms with Crippen LogP contribution < -0.4 is 0 Å². The Morgan fingerprint density at radius 3 is 2.37 bits per heavy atom. The van der Waals surface area contributed by atoms with Crippen LogP contribution in [0.25, 0.3) is 11.3 Å². The Kier molecular flexibility index (Phi) is 3.76. The van der Waals surface area contributed by atoms with Crippen LogP contribution in [0.1, 0.15) is 28.1 Å². The second-order valence-corrected chi connectivity index (χ2v) is 5.60. The Hall–Kier alpha value is -1.61. The summed E-state index contributed by atoms with van der Waals surface area (Å²) >= 11 is 0. The second kappa shape index (κ2) is 5.17. The highest BCUT2D eigenvalue weighted by molar-refractivity contribution is 5.67. The van der Waals surface area contributed by atoms with Gasteiger partial charge in [0.2, 0.25) is 0 Å². The van der Waals surface area contributed by atoms with Crippen LogP contribution in [-0.2, 0) is 6.54 Å². The van der Waals surface area contributed by atoms with Crippen molar-refractivity contribution in [2.45, 2.75) is 34.2 Å². The predicted octanol–water partition coefficient (Wildman–Crippen LogP) is 3.37. The van der Waals surface area contributed by atoms with Crippen LogP contribution in [-0.4, -0.2) is 29.0 Å². The van der Waals surface area contributed by atoms with E-state index in [4.69, 9.17) is 0 Å². The van der Waals surface area contributed by atoms with Crippen molar-refractivity contribution < 1.29 is 0 Å². The fraction of sp³-hybridized carbons (Fsp3) is 0.438. The molecular weight excluding hydrogens is 234 g/mol. The summed E-state index contributed by atoms with van der Waals surface area (Å²) in [7, 11) is 4.10. The van der Waals surface area contributed by atoms with Crippen molar-refractivity contribution in [3.05, 3.63) is 40.3 Å². The number of rotatable bonds is 3. The Morgan fingerprint density at radius 1 is 1.05 bits per heavy atom. The second-order valence-electron chi connectivity index (χ2n) is 5.60. The quantitative estimate of drug-likeness (QED) is 0.914. The maximum absolute atomic E-state index is 4.46. The van der Waals surface area contributed by atoms with Crippen LogP contribution in [0, 0.1) is 27.7 Å². The van der Waals surface area contributed by atoms with Crippen molar-refractivity contribution in [3.8, 4) is 11.3 Å². The lowest BCUT2D eigenvalue weighted by atomic mass is 9.93. The van der Waals surface area contributed by atoms with E-state index in [2.05, 4.69) is 48.6 Å². The largest absolute Gasteiger partial charge is 0.341 e. The molecule has 0 atom stereocenters. The van der Waals surface area contributed by atoms with E-state index in [-0.39, 0.29) is 0 Å². The summed E-state index contributed by atoms with van der Waals surface area (Å²) in [4.78, 5) is 9.99. The molecule has 0 aliphatic rings. The molecule has 19 heavy (non-hydrogen) atoms. The van der Waals surface area contributed by atoms with Gasteiger partial charge < -0.3 is 9.88 Å². The summed E-state index contributed by atoms with van der Waals surface area (Å²) in [5.74, 6) is 1.01. The molecule has 0 spiro atoms. The molecular formula is C16H23N3. The van der Waals surface area contributed by atoms with Crippen LogP contribution in [0.2, 0.25) is 0 Å². The van der Waals surface area contributed by atoms with Crippen LogP contribution >= 0.6 is 0 Å². The van der Waals surface area contributed by atoms with Crippen molar-refractivity contribution in [2.75, 3.05) is 14.1 Å². The first kappa shape index (κ1) is 13.8. The molecule has 1 heterocycles. The van der Waals surface area contributed by atoms with Gasteiger partial charge in [-0.25, -0.2) is 4.98 Å². The maximum Gasteiger partial charge on any atom is 0.120 e. The average molecular weight is 257 g/mol. The Labute approximate surface area is 115 Å². The first-order chi connectivity index (χ1) is 8.90. The molecule has 2 rings (SSSR count). The Morgan fingerprint density at radius 2 is 1.74 bits per heavy atom. The average Bonchev–Trinajstić information content (AvgIpc) is 2.78. The molecule has 0 fully saturated rings. The smallest absolute Gasteiger partial charge is 0.120 e. The minimum absolute atomic E-state index is 0.836. The van der Waals surface area contributed by atoms with Crippen molar-refractivity contribution in [1.29, 1.82) is 0 Å². The molecule has 0 amide bonds. The monoisotopic (exact) mass is 257 g/mol. The maximum atomic E-state index is 4.46. The molecule has 0 saturated heterocycles. The van der Waals surface area contributed by atoms with E-state index in [1.165, 1.54) is 27.8 Å². The van der Waals surface area contributed by atoms with Gasteiger partial charge in [0.25, 0.3) is 0 Å². The topological polar surface area (TPSA) is 31.9 Å². The minimum Gasteiger partial charge on any atom is -0.341 e. The van der Waals surface area contributed by atoms with Crippen molar-refractivity contribution in [1.82, 2.24) is 14.9 Å². The van der Waals surface area contributed by atoms with Crippen LogP contribution in [0.15, 0.2) is 12.3 Å². The van der Waals surface area contributed by atoms with E-state index < -0.39 is 0 Å². The third-order valence-corrected chi connectivity index (χ3v) is 3.87. The van der Waals surface area contributed by atoms with Gasteiger partial charge in [-0.3, -0.25) is 0 Å². The van der Waals surface area contributed by atoms with E-state index in [9.17, 15) is 0 Å². The molecule has 1 aromatic carbocycles. The number of aryl methyl sites for hydroxylation is 1. The third kappa shape index (κ3) is 2.71. The van der Waals surface area contributed by atoms with E-state index in [0.717, 1.165) is 18.1 Å². The molecule has 2 aromatic rings. The van der Waals surface area contributed by atoms with Crippen LogP contribution in [0.3, 0.4) is 0 Å². The number of imidazole rings is 1. The fourth-order valence-electron chi connectivity index (χ4n) is 2.37. The molecule has 0 bridgehead atoms. The van der Waals surface area contributed by atoms with E-state index >= 15 is 0 Å². The summed E-state index contributed by atoms with van der Waals surface area (Å²) in [6.45, 7) is 9.57. The molecule has 3 nitrogen and oxygen atoms in total. The predicted molar refractivity (Wildman–Crippen MR) is 80.4 cm³/mol.